The van der Waals surface area contributed by atoms with Gasteiger partial charge < -0.3 is 10.5 Å². The summed E-state index contributed by atoms with van der Waals surface area (Å²) in [6.07, 6.45) is 1.24. The van der Waals surface area contributed by atoms with E-state index in [-0.39, 0.29) is 6.04 Å². The van der Waals surface area contributed by atoms with Gasteiger partial charge in [-0.05, 0) is 47.9 Å². The Hall–Kier alpha value is -1.02. The highest BCUT2D eigenvalue weighted by Crippen LogP contribution is 2.57. The molecule has 0 aromatic heterocycles. The first kappa shape index (κ1) is 11.5. The van der Waals surface area contributed by atoms with Crippen molar-refractivity contribution < 1.29 is 4.74 Å². The Bertz CT molecular complexity index is 398. The molecule has 2 atom stereocenters. The van der Waals surface area contributed by atoms with Crippen LogP contribution < -0.4 is 10.5 Å². The smallest absolute Gasteiger partial charge is 0.119 e. The van der Waals surface area contributed by atoms with E-state index in [9.17, 15) is 0 Å². The number of ether oxygens (including phenoxy) is 1. The number of rotatable bonds is 3. The maximum atomic E-state index is 6.33. The van der Waals surface area contributed by atoms with E-state index in [0.717, 1.165) is 5.75 Å². The number of benzene rings is 1. The molecule has 0 aliphatic heterocycles. The molecule has 0 saturated heterocycles. The van der Waals surface area contributed by atoms with Crippen molar-refractivity contribution in [2.45, 2.75) is 33.2 Å². The first-order valence-corrected chi connectivity index (χ1v) is 5.86. The summed E-state index contributed by atoms with van der Waals surface area (Å²) in [5.41, 5.74) is 9.24. The van der Waals surface area contributed by atoms with E-state index >= 15 is 0 Å². The quantitative estimate of drug-likeness (QED) is 0.848. The van der Waals surface area contributed by atoms with Gasteiger partial charge in [0.15, 0.2) is 0 Å². The summed E-state index contributed by atoms with van der Waals surface area (Å²) in [6, 6.07) is 6.33. The summed E-state index contributed by atoms with van der Waals surface area (Å²) in [5, 5.41) is 0. The molecule has 1 aliphatic carbocycles. The average Bonchev–Trinajstić information content (AvgIpc) is 2.86. The van der Waals surface area contributed by atoms with Gasteiger partial charge >= 0.3 is 0 Å². The third-order valence-electron chi connectivity index (χ3n) is 3.86. The van der Waals surface area contributed by atoms with Crippen LogP contribution in [0.2, 0.25) is 0 Å². The van der Waals surface area contributed by atoms with E-state index in [4.69, 9.17) is 10.5 Å². The van der Waals surface area contributed by atoms with Crippen molar-refractivity contribution in [3.63, 3.8) is 0 Å². The van der Waals surface area contributed by atoms with Crippen LogP contribution >= 0.6 is 0 Å². The molecule has 2 nitrogen and oxygen atoms in total. The van der Waals surface area contributed by atoms with E-state index in [1.165, 1.54) is 17.5 Å². The lowest BCUT2D eigenvalue weighted by atomic mass is 9.94. The molecule has 1 saturated carbocycles. The van der Waals surface area contributed by atoms with Gasteiger partial charge in [-0.15, -0.1) is 0 Å². The van der Waals surface area contributed by atoms with Crippen molar-refractivity contribution in [1.29, 1.82) is 0 Å². The van der Waals surface area contributed by atoms with Crippen molar-refractivity contribution in [2.24, 2.45) is 17.1 Å². The summed E-state index contributed by atoms with van der Waals surface area (Å²) in [6.45, 7) is 6.68. The molecule has 1 aromatic rings. The Morgan fingerprint density at radius 3 is 2.50 bits per heavy atom. The summed E-state index contributed by atoms with van der Waals surface area (Å²) in [4.78, 5) is 0. The van der Waals surface area contributed by atoms with Gasteiger partial charge in [0.25, 0.3) is 0 Å². The van der Waals surface area contributed by atoms with Crippen LogP contribution in [0, 0.1) is 18.3 Å². The van der Waals surface area contributed by atoms with Crippen LogP contribution in [0.25, 0.3) is 0 Å². The molecular formula is C14H21NO. The van der Waals surface area contributed by atoms with Crippen molar-refractivity contribution in [3.8, 4) is 5.75 Å². The molecule has 2 rings (SSSR count). The molecule has 88 valence electrons. The minimum Gasteiger partial charge on any atom is -0.497 e. The SMILES string of the molecule is COc1ccc(C(N)C2CC2(C)C)c(C)c1. The Labute approximate surface area is 97.8 Å². The summed E-state index contributed by atoms with van der Waals surface area (Å²) >= 11 is 0. The normalized spacial score (nSPS) is 23.9. The van der Waals surface area contributed by atoms with Crippen LogP contribution in [0.4, 0.5) is 0 Å². The predicted molar refractivity (Wildman–Crippen MR) is 66.5 cm³/mol. The second-order valence-electron chi connectivity index (χ2n) is 5.55. The molecule has 16 heavy (non-hydrogen) atoms. The van der Waals surface area contributed by atoms with Gasteiger partial charge in [0.05, 0.1) is 7.11 Å². The minimum atomic E-state index is 0.168. The standard InChI is InChI=1S/C14H21NO/c1-9-7-10(16-4)5-6-11(9)13(15)12-8-14(12,2)3/h5-7,12-13H,8,15H2,1-4H3. The van der Waals surface area contributed by atoms with Gasteiger partial charge in [-0.2, -0.15) is 0 Å². The molecule has 1 aromatic carbocycles. The maximum absolute atomic E-state index is 6.33. The zero-order valence-corrected chi connectivity index (χ0v) is 10.6. The van der Waals surface area contributed by atoms with E-state index in [1.54, 1.807) is 7.11 Å². The molecule has 0 spiro atoms. The Morgan fingerprint density at radius 1 is 1.44 bits per heavy atom. The van der Waals surface area contributed by atoms with Crippen molar-refractivity contribution in [3.05, 3.63) is 29.3 Å². The highest BCUT2D eigenvalue weighted by molar-refractivity contribution is 5.37. The van der Waals surface area contributed by atoms with Gasteiger partial charge in [-0.3, -0.25) is 0 Å². The van der Waals surface area contributed by atoms with Gasteiger partial charge in [-0.1, -0.05) is 19.9 Å². The number of hydrogen-bond donors (Lipinski definition) is 1. The van der Waals surface area contributed by atoms with Gasteiger partial charge in [0, 0.05) is 6.04 Å². The van der Waals surface area contributed by atoms with Crippen LogP contribution in [-0.4, -0.2) is 7.11 Å². The molecule has 0 heterocycles. The fourth-order valence-corrected chi connectivity index (χ4v) is 2.49. The Balaban J connectivity index is 2.21. The fourth-order valence-electron chi connectivity index (χ4n) is 2.49. The van der Waals surface area contributed by atoms with Crippen LogP contribution in [0.5, 0.6) is 5.75 Å². The molecule has 0 amide bonds. The molecule has 2 N–H and O–H groups in total. The highest BCUT2D eigenvalue weighted by Gasteiger charge is 2.49. The fraction of sp³-hybridized carbons (Fsp3) is 0.571. The van der Waals surface area contributed by atoms with E-state index in [2.05, 4.69) is 32.9 Å². The zero-order valence-electron chi connectivity index (χ0n) is 10.6. The molecular weight excluding hydrogens is 198 g/mol. The Kier molecular flexibility index (Phi) is 2.70. The van der Waals surface area contributed by atoms with E-state index < -0.39 is 0 Å². The Morgan fingerprint density at radius 2 is 2.06 bits per heavy atom. The summed E-state index contributed by atoms with van der Waals surface area (Å²) in [7, 11) is 1.69. The molecule has 0 radical (unpaired) electrons. The van der Waals surface area contributed by atoms with Crippen molar-refractivity contribution in [1.82, 2.24) is 0 Å². The first-order chi connectivity index (χ1) is 7.45. The summed E-state index contributed by atoms with van der Waals surface area (Å²) in [5.74, 6) is 1.53. The van der Waals surface area contributed by atoms with Crippen LogP contribution in [0.1, 0.15) is 37.4 Å². The second kappa shape index (κ2) is 3.77. The maximum Gasteiger partial charge on any atom is 0.119 e. The molecule has 2 heteroatoms. The number of methoxy groups -OCH3 is 1. The van der Waals surface area contributed by atoms with Crippen LogP contribution in [0.15, 0.2) is 18.2 Å². The van der Waals surface area contributed by atoms with Crippen molar-refractivity contribution >= 4 is 0 Å². The van der Waals surface area contributed by atoms with Crippen LogP contribution in [-0.2, 0) is 0 Å². The summed E-state index contributed by atoms with van der Waals surface area (Å²) < 4.78 is 5.21. The topological polar surface area (TPSA) is 35.2 Å². The van der Waals surface area contributed by atoms with Gasteiger partial charge in [0.2, 0.25) is 0 Å². The average molecular weight is 219 g/mol. The third-order valence-corrected chi connectivity index (χ3v) is 3.86. The van der Waals surface area contributed by atoms with Gasteiger partial charge in [-0.25, -0.2) is 0 Å². The lowest BCUT2D eigenvalue weighted by Crippen LogP contribution is -2.16. The lowest BCUT2D eigenvalue weighted by molar-refractivity contribution is 0.413. The highest BCUT2D eigenvalue weighted by atomic mass is 16.5. The predicted octanol–water partition coefficient (Wildman–Crippen LogP) is 3.05. The molecule has 0 bridgehead atoms. The number of hydrogen-bond acceptors (Lipinski definition) is 2. The van der Waals surface area contributed by atoms with Crippen LogP contribution in [0.3, 0.4) is 0 Å². The lowest BCUT2D eigenvalue weighted by Gasteiger charge is -2.17. The van der Waals surface area contributed by atoms with Gasteiger partial charge in [0.1, 0.15) is 5.75 Å². The molecule has 1 aliphatic rings. The van der Waals surface area contributed by atoms with E-state index in [0.29, 0.717) is 11.3 Å². The monoisotopic (exact) mass is 219 g/mol. The third kappa shape index (κ3) is 1.94. The second-order valence-corrected chi connectivity index (χ2v) is 5.55. The zero-order chi connectivity index (χ0) is 11.9. The minimum absolute atomic E-state index is 0.168. The van der Waals surface area contributed by atoms with E-state index in [1.807, 2.05) is 6.07 Å². The molecule has 2 unspecified atom stereocenters. The molecule has 1 fully saturated rings. The number of aryl methyl sites for hydroxylation is 1. The number of nitrogens with two attached hydrogens (primary N) is 1. The first-order valence-electron chi connectivity index (χ1n) is 5.86. The largest absolute Gasteiger partial charge is 0.497 e. The van der Waals surface area contributed by atoms with Crippen molar-refractivity contribution in [2.75, 3.05) is 7.11 Å².